The van der Waals surface area contributed by atoms with Gasteiger partial charge < -0.3 is 15.5 Å². The molecule has 0 spiro atoms. The summed E-state index contributed by atoms with van der Waals surface area (Å²) < 4.78 is 0. The summed E-state index contributed by atoms with van der Waals surface area (Å²) in [6.45, 7) is 4.42. The number of carboxylic acid groups (broad SMARTS) is 1. The van der Waals surface area contributed by atoms with Gasteiger partial charge in [-0.05, 0) is 80.0 Å². The van der Waals surface area contributed by atoms with Gasteiger partial charge in [0.05, 0.1) is 6.10 Å². The molecule has 0 saturated heterocycles. The molecule has 4 aliphatic rings. The largest absolute Gasteiger partial charge is 0.480 e. The molecule has 3 saturated carbocycles. The first-order chi connectivity index (χ1) is 13.2. The van der Waals surface area contributed by atoms with Crippen molar-refractivity contribution in [1.82, 2.24) is 5.32 Å². The molecule has 0 heterocycles. The van der Waals surface area contributed by atoms with Gasteiger partial charge in [-0.15, -0.1) is 0 Å². The maximum Gasteiger partial charge on any atom is 0.322 e. The van der Waals surface area contributed by atoms with Gasteiger partial charge in [0.1, 0.15) is 6.54 Å². The van der Waals surface area contributed by atoms with E-state index < -0.39 is 5.97 Å². The highest BCUT2D eigenvalue weighted by Gasteiger charge is 2.57. The maximum absolute atomic E-state index is 12.2. The van der Waals surface area contributed by atoms with Crippen LogP contribution >= 0.6 is 0 Å². The Kier molecular flexibility index (Phi) is 4.93. The molecule has 5 nitrogen and oxygen atoms in total. The van der Waals surface area contributed by atoms with Crippen LogP contribution < -0.4 is 5.32 Å². The molecule has 3 fully saturated rings. The van der Waals surface area contributed by atoms with Crippen molar-refractivity contribution in [3.05, 3.63) is 23.3 Å². The zero-order valence-corrected chi connectivity index (χ0v) is 17.0. The number of carboxylic acids is 1. The molecule has 154 valence electrons. The average Bonchev–Trinajstić information content (AvgIpc) is 2.97. The van der Waals surface area contributed by atoms with Crippen LogP contribution in [0, 0.1) is 28.6 Å². The Morgan fingerprint density at radius 3 is 2.64 bits per heavy atom. The number of nitrogens with one attached hydrogen (secondary N) is 1. The van der Waals surface area contributed by atoms with E-state index in [1.54, 1.807) is 6.08 Å². The van der Waals surface area contributed by atoms with Gasteiger partial charge >= 0.3 is 5.97 Å². The number of rotatable bonds is 3. The van der Waals surface area contributed by atoms with Gasteiger partial charge in [0, 0.05) is 6.08 Å². The monoisotopic (exact) mass is 387 g/mol. The van der Waals surface area contributed by atoms with E-state index in [4.69, 9.17) is 5.11 Å². The van der Waals surface area contributed by atoms with Crippen molar-refractivity contribution in [3.8, 4) is 0 Å². The number of aliphatic hydroxyl groups excluding tert-OH is 1. The molecule has 0 aromatic heterocycles. The molecule has 3 N–H and O–H groups in total. The molecule has 6 atom stereocenters. The number of carbonyl (C=O) groups is 2. The fraction of sp³-hybridized carbons (Fsp3) is 0.739. The SMILES string of the molecule is C[C@]12CC[C@H](O)CC1=CC[C@@H]1[C@@H]2CC[C@]2(C)/C(=C/C(=O)NCC(=O)O)CC[C@@H]12. The molecule has 0 unspecified atom stereocenters. The van der Waals surface area contributed by atoms with Crippen LogP contribution in [0.4, 0.5) is 0 Å². The molecule has 0 aromatic carbocycles. The summed E-state index contributed by atoms with van der Waals surface area (Å²) in [4.78, 5) is 22.9. The number of fused-ring (bicyclic) bond motifs is 5. The second-order valence-electron chi connectivity index (χ2n) is 9.93. The van der Waals surface area contributed by atoms with Gasteiger partial charge in [0.25, 0.3) is 0 Å². The number of aliphatic hydroxyl groups is 1. The summed E-state index contributed by atoms with van der Waals surface area (Å²) in [6.07, 6.45) is 12.2. The van der Waals surface area contributed by atoms with Crippen molar-refractivity contribution in [2.24, 2.45) is 28.6 Å². The first kappa shape index (κ1) is 19.7. The van der Waals surface area contributed by atoms with Gasteiger partial charge in [-0.25, -0.2) is 0 Å². The Morgan fingerprint density at radius 2 is 1.89 bits per heavy atom. The lowest BCUT2D eigenvalue weighted by Gasteiger charge is -2.57. The molecule has 4 aliphatic carbocycles. The lowest BCUT2D eigenvalue weighted by Crippen LogP contribution is -2.49. The fourth-order valence-corrected chi connectivity index (χ4v) is 7.10. The van der Waals surface area contributed by atoms with Crippen molar-refractivity contribution in [2.75, 3.05) is 6.54 Å². The predicted molar refractivity (Wildman–Crippen MR) is 106 cm³/mol. The molecular weight excluding hydrogens is 354 g/mol. The van der Waals surface area contributed by atoms with E-state index in [1.165, 1.54) is 17.6 Å². The summed E-state index contributed by atoms with van der Waals surface area (Å²) in [5.41, 5.74) is 2.97. The number of hydrogen-bond acceptors (Lipinski definition) is 3. The summed E-state index contributed by atoms with van der Waals surface area (Å²) >= 11 is 0. The van der Waals surface area contributed by atoms with Crippen LogP contribution in [0.1, 0.15) is 65.2 Å². The third-order valence-corrected chi connectivity index (χ3v) is 8.64. The lowest BCUT2D eigenvalue weighted by molar-refractivity contribution is -0.137. The highest BCUT2D eigenvalue weighted by molar-refractivity contribution is 5.90. The smallest absolute Gasteiger partial charge is 0.322 e. The van der Waals surface area contributed by atoms with Crippen molar-refractivity contribution in [3.63, 3.8) is 0 Å². The minimum atomic E-state index is -1.02. The number of carbonyl (C=O) groups excluding carboxylic acids is 1. The molecule has 0 aliphatic heterocycles. The Hall–Kier alpha value is -1.62. The van der Waals surface area contributed by atoms with E-state index >= 15 is 0 Å². The van der Waals surface area contributed by atoms with Gasteiger partial charge in [0.15, 0.2) is 0 Å². The molecule has 0 radical (unpaired) electrons. The zero-order valence-electron chi connectivity index (χ0n) is 17.0. The molecule has 4 rings (SSSR count). The van der Waals surface area contributed by atoms with Crippen molar-refractivity contribution in [2.45, 2.75) is 71.3 Å². The van der Waals surface area contributed by atoms with Crippen LogP contribution in [0.3, 0.4) is 0 Å². The summed E-state index contributed by atoms with van der Waals surface area (Å²) in [6, 6.07) is 0. The molecule has 28 heavy (non-hydrogen) atoms. The van der Waals surface area contributed by atoms with E-state index in [0.717, 1.165) is 44.9 Å². The Balaban J connectivity index is 1.55. The van der Waals surface area contributed by atoms with E-state index in [1.807, 2.05) is 0 Å². The minimum absolute atomic E-state index is 0.0532. The minimum Gasteiger partial charge on any atom is -0.480 e. The average molecular weight is 388 g/mol. The van der Waals surface area contributed by atoms with Crippen LogP contribution in [-0.4, -0.2) is 34.7 Å². The standard InChI is InChI=1S/C23H33NO4/c1-22-9-7-16(25)11-14(22)3-5-17-18-6-4-15(12-20(26)24-13-21(27)28)23(18,2)10-8-19(17)22/h3,12,16-19,25H,4-11,13H2,1-2H3,(H,24,26)(H,27,28)/b15-12+/t16-,17-,18-,19-,22-,23+/m0/s1. The maximum atomic E-state index is 12.2. The van der Waals surface area contributed by atoms with E-state index in [9.17, 15) is 14.7 Å². The second kappa shape index (κ2) is 7.01. The number of allylic oxidation sites excluding steroid dienone is 2. The molecule has 0 bridgehead atoms. The first-order valence-corrected chi connectivity index (χ1v) is 10.8. The fourth-order valence-electron chi connectivity index (χ4n) is 7.10. The van der Waals surface area contributed by atoms with Crippen LogP contribution in [0.25, 0.3) is 0 Å². The Morgan fingerprint density at radius 1 is 1.18 bits per heavy atom. The highest BCUT2D eigenvalue weighted by atomic mass is 16.4. The van der Waals surface area contributed by atoms with Crippen LogP contribution in [0.5, 0.6) is 0 Å². The highest BCUT2D eigenvalue weighted by Crippen LogP contribution is 2.66. The Labute approximate surface area is 167 Å². The summed E-state index contributed by atoms with van der Waals surface area (Å²) in [7, 11) is 0. The second-order valence-corrected chi connectivity index (χ2v) is 9.93. The third kappa shape index (κ3) is 3.12. The molecule has 0 aromatic rings. The van der Waals surface area contributed by atoms with E-state index in [0.29, 0.717) is 17.8 Å². The van der Waals surface area contributed by atoms with Crippen molar-refractivity contribution >= 4 is 11.9 Å². The van der Waals surface area contributed by atoms with E-state index in [2.05, 4.69) is 25.2 Å². The van der Waals surface area contributed by atoms with Crippen LogP contribution in [0.15, 0.2) is 23.3 Å². The van der Waals surface area contributed by atoms with E-state index in [-0.39, 0.29) is 29.4 Å². The van der Waals surface area contributed by atoms with Gasteiger partial charge in [0.2, 0.25) is 5.91 Å². The summed E-state index contributed by atoms with van der Waals surface area (Å²) in [5, 5.41) is 21.4. The first-order valence-electron chi connectivity index (χ1n) is 10.8. The molecular formula is C23H33NO4. The van der Waals surface area contributed by atoms with Gasteiger partial charge in [-0.2, -0.15) is 0 Å². The third-order valence-electron chi connectivity index (χ3n) is 8.64. The van der Waals surface area contributed by atoms with Gasteiger partial charge in [-0.1, -0.05) is 31.1 Å². The number of aliphatic carboxylic acids is 1. The topological polar surface area (TPSA) is 86.6 Å². The van der Waals surface area contributed by atoms with Crippen LogP contribution in [-0.2, 0) is 9.59 Å². The summed E-state index contributed by atoms with van der Waals surface area (Å²) in [5.74, 6) is 0.624. The number of hydrogen-bond donors (Lipinski definition) is 3. The van der Waals surface area contributed by atoms with Crippen molar-refractivity contribution in [1.29, 1.82) is 0 Å². The predicted octanol–water partition coefficient (Wildman–Crippen LogP) is 3.44. The molecule has 5 heteroatoms. The quantitative estimate of drug-likeness (QED) is 0.511. The Bertz CT molecular complexity index is 741. The normalized spacial score (nSPS) is 43.5. The van der Waals surface area contributed by atoms with Crippen LogP contribution in [0.2, 0.25) is 0 Å². The number of amides is 1. The van der Waals surface area contributed by atoms with Gasteiger partial charge in [-0.3, -0.25) is 9.59 Å². The van der Waals surface area contributed by atoms with Crippen molar-refractivity contribution < 1.29 is 19.8 Å². The zero-order chi connectivity index (χ0) is 20.1. The lowest BCUT2D eigenvalue weighted by atomic mass is 9.48. The molecule has 1 amide bonds.